The van der Waals surface area contributed by atoms with Crippen LogP contribution < -0.4 is 10.9 Å². The van der Waals surface area contributed by atoms with Crippen molar-refractivity contribution in [2.24, 2.45) is 7.05 Å². The van der Waals surface area contributed by atoms with Crippen molar-refractivity contribution in [1.29, 1.82) is 0 Å². The van der Waals surface area contributed by atoms with Gasteiger partial charge in [-0.05, 0) is 44.5 Å². The first kappa shape index (κ1) is 21.6. The lowest BCUT2D eigenvalue weighted by atomic mass is 10.2. The summed E-state index contributed by atoms with van der Waals surface area (Å²) in [6.07, 6.45) is 1.63. The van der Waals surface area contributed by atoms with E-state index in [1.807, 2.05) is 73.0 Å². The average Bonchev–Trinajstić information content (AvgIpc) is 3.32. The molecule has 4 rings (SSSR count). The van der Waals surface area contributed by atoms with E-state index in [1.165, 1.54) is 16.4 Å². The van der Waals surface area contributed by atoms with E-state index >= 15 is 0 Å². The highest BCUT2D eigenvalue weighted by Gasteiger charge is 2.23. The van der Waals surface area contributed by atoms with Crippen LogP contribution in [0.4, 0.5) is 5.69 Å². The van der Waals surface area contributed by atoms with Crippen molar-refractivity contribution in [3.05, 3.63) is 82.5 Å². The lowest BCUT2D eigenvalue weighted by molar-refractivity contribution is -0.115. The third-order valence-corrected chi connectivity index (χ3v) is 6.40. The molecule has 0 radical (unpaired) electrons. The molecule has 0 unspecified atom stereocenters. The summed E-state index contributed by atoms with van der Waals surface area (Å²) in [4.78, 5) is 26.0. The van der Waals surface area contributed by atoms with E-state index in [2.05, 4.69) is 15.5 Å². The number of anilines is 1. The number of aromatic nitrogens is 5. The first-order valence-electron chi connectivity index (χ1n) is 10.2. The van der Waals surface area contributed by atoms with Crippen LogP contribution in [0.5, 0.6) is 0 Å². The Morgan fingerprint density at radius 3 is 2.47 bits per heavy atom. The highest BCUT2D eigenvalue weighted by Crippen LogP contribution is 2.26. The molecular formula is C23H24N6O2S. The van der Waals surface area contributed by atoms with Gasteiger partial charge >= 0.3 is 0 Å². The first-order valence-corrected chi connectivity index (χ1v) is 11.0. The van der Waals surface area contributed by atoms with Crippen molar-refractivity contribution in [3.63, 3.8) is 0 Å². The number of carbonyl (C=O) groups excluding carboxylic acids is 1. The Balaban J connectivity index is 1.56. The van der Waals surface area contributed by atoms with Gasteiger partial charge in [-0.1, -0.05) is 48.2 Å². The Labute approximate surface area is 189 Å². The molecule has 0 aliphatic rings. The van der Waals surface area contributed by atoms with Crippen LogP contribution in [0.1, 0.15) is 18.2 Å². The normalized spacial score (nSPS) is 12.0. The third kappa shape index (κ3) is 3.99. The SMILES string of the molecule is Cc1ccccc1-n1cnnc1S[C@@H](C)C(=O)Nc1c(C)n(C)n(-c2ccccc2)c1=O. The third-order valence-electron chi connectivity index (χ3n) is 5.35. The molecule has 1 amide bonds. The van der Waals surface area contributed by atoms with Crippen molar-refractivity contribution >= 4 is 23.4 Å². The van der Waals surface area contributed by atoms with Crippen molar-refractivity contribution < 1.29 is 4.79 Å². The van der Waals surface area contributed by atoms with Crippen LogP contribution >= 0.6 is 11.8 Å². The van der Waals surface area contributed by atoms with E-state index in [4.69, 9.17) is 0 Å². The molecule has 2 aromatic carbocycles. The maximum Gasteiger partial charge on any atom is 0.295 e. The van der Waals surface area contributed by atoms with Crippen molar-refractivity contribution in [2.45, 2.75) is 31.2 Å². The Kier molecular flexibility index (Phi) is 6.00. The smallest absolute Gasteiger partial charge is 0.295 e. The molecule has 0 aliphatic heterocycles. The molecule has 2 heterocycles. The number of carbonyl (C=O) groups is 1. The number of benzene rings is 2. The van der Waals surface area contributed by atoms with Crippen LogP contribution in [0.15, 0.2) is 70.9 Å². The standard InChI is InChI=1S/C23H24N6O2S/c1-15-10-8-9-13-19(15)28-14-24-26-23(28)32-17(3)21(30)25-20-16(2)27(4)29(22(20)31)18-11-6-5-7-12-18/h5-14,17H,1-4H3,(H,25,30)/t17-/m0/s1. The summed E-state index contributed by atoms with van der Waals surface area (Å²) in [5.74, 6) is -0.277. The lowest BCUT2D eigenvalue weighted by Gasteiger charge is -2.13. The van der Waals surface area contributed by atoms with E-state index in [0.29, 0.717) is 10.9 Å². The summed E-state index contributed by atoms with van der Waals surface area (Å²) >= 11 is 1.29. The van der Waals surface area contributed by atoms with Crippen LogP contribution in [0, 0.1) is 13.8 Å². The van der Waals surface area contributed by atoms with Crippen molar-refractivity contribution in [1.82, 2.24) is 24.1 Å². The van der Waals surface area contributed by atoms with Crippen LogP contribution in [-0.2, 0) is 11.8 Å². The summed E-state index contributed by atoms with van der Waals surface area (Å²) in [5, 5.41) is 11.1. The highest BCUT2D eigenvalue weighted by atomic mass is 32.2. The predicted octanol–water partition coefficient (Wildman–Crippen LogP) is 3.49. The van der Waals surface area contributed by atoms with E-state index in [1.54, 1.807) is 25.0 Å². The maximum absolute atomic E-state index is 13.1. The molecule has 1 N–H and O–H groups in total. The van der Waals surface area contributed by atoms with Gasteiger partial charge in [0.05, 0.1) is 22.3 Å². The highest BCUT2D eigenvalue weighted by molar-refractivity contribution is 8.00. The van der Waals surface area contributed by atoms with E-state index in [0.717, 1.165) is 16.9 Å². The summed E-state index contributed by atoms with van der Waals surface area (Å²) in [5.41, 5.74) is 3.44. The van der Waals surface area contributed by atoms with Gasteiger partial charge in [0.15, 0.2) is 5.16 Å². The largest absolute Gasteiger partial charge is 0.319 e. The van der Waals surface area contributed by atoms with Gasteiger partial charge in [0.1, 0.15) is 12.0 Å². The number of amides is 1. The van der Waals surface area contributed by atoms with Gasteiger partial charge in [-0.15, -0.1) is 10.2 Å². The number of hydrogen-bond donors (Lipinski definition) is 1. The quantitative estimate of drug-likeness (QED) is 0.456. The second kappa shape index (κ2) is 8.88. The first-order chi connectivity index (χ1) is 15.4. The van der Waals surface area contributed by atoms with Gasteiger partial charge in [0.25, 0.3) is 5.56 Å². The Morgan fingerprint density at radius 2 is 1.75 bits per heavy atom. The molecule has 0 spiro atoms. The maximum atomic E-state index is 13.1. The van der Waals surface area contributed by atoms with E-state index in [-0.39, 0.29) is 17.2 Å². The molecule has 0 saturated carbocycles. The molecule has 0 aliphatic carbocycles. The number of thioether (sulfide) groups is 1. The molecule has 9 heteroatoms. The van der Waals surface area contributed by atoms with Crippen molar-refractivity contribution in [2.75, 3.05) is 5.32 Å². The summed E-state index contributed by atoms with van der Waals surface area (Å²) in [7, 11) is 1.79. The average molecular weight is 449 g/mol. The predicted molar refractivity (Wildman–Crippen MR) is 126 cm³/mol. The molecule has 0 fully saturated rings. The van der Waals surface area contributed by atoms with Crippen molar-refractivity contribution in [3.8, 4) is 11.4 Å². The van der Waals surface area contributed by atoms with Crippen LogP contribution in [0.25, 0.3) is 11.4 Å². The number of nitrogens with one attached hydrogen (secondary N) is 1. The molecular weight excluding hydrogens is 424 g/mol. The fraction of sp³-hybridized carbons (Fsp3) is 0.217. The zero-order valence-corrected chi connectivity index (χ0v) is 19.1. The van der Waals surface area contributed by atoms with Gasteiger partial charge in [0, 0.05) is 7.05 Å². The molecule has 32 heavy (non-hydrogen) atoms. The monoisotopic (exact) mass is 448 g/mol. The van der Waals surface area contributed by atoms with E-state index in [9.17, 15) is 9.59 Å². The minimum atomic E-state index is -0.494. The summed E-state index contributed by atoms with van der Waals surface area (Å²) < 4.78 is 5.14. The zero-order valence-electron chi connectivity index (χ0n) is 18.3. The van der Waals surface area contributed by atoms with Gasteiger partial charge < -0.3 is 5.32 Å². The Morgan fingerprint density at radius 1 is 1.06 bits per heavy atom. The van der Waals surface area contributed by atoms with Gasteiger partial charge in [-0.2, -0.15) is 0 Å². The Bertz CT molecular complexity index is 1320. The molecule has 2 aromatic heterocycles. The fourth-order valence-electron chi connectivity index (χ4n) is 3.45. The van der Waals surface area contributed by atoms with Crippen LogP contribution in [-0.4, -0.2) is 35.3 Å². The molecule has 8 nitrogen and oxygen atoms in total. The molecule has 4 aromatic rings. The Hall–Kier alpha value is -3.59. The minimum Gasteiger partial charge on any atom is -0.319 e. The van der Waals surface area contributed by atoms with Crippen LogP contribution in [0.2, 0.25) is 0 Å². The molecule has 1 atom stereocenters. The number of rotatable bonds is 6. The number of aryl methyl sites for hydroxylation is 1. The minimum absolute atomic E-state index is 0.272. The van der Waals surface area contributed by atoms with Crippen LogP contribution in [0.3, 0.4) is 0 Å². The zero-order chi connectivity index (χ0) is 22.8. The van der Waals surface area contributed by atoms with Gasteiger partial charge in [-0.3, -0.25) is 18.8 Å². The summed E-state index contributed by atoms with van der Waals surface area (Å²) in [6, 6.07) is 17.2. The van der Waals surface area contributed by atoms with Gasteiger partial charge in [-0.25, -0.2) is 4.68 Å². The summed E-state index contributed by atoms with van der Waals surface area (Å²) in [6.45, 7) is 5.60. The molecule has 164 valence electrons. The van der Waals surface area contributed by atoms with Gasteiger partial charge in [0.2, 0.25) is 5.91 Å². The second-order valence-electron chi connectivity index (χ2n) is 7.46. The molecule has 0 bridgehead atoms. The number of para-hydroxylation sites is 2. The van der Waals surface area contributed by atoms with E-state index < -0.39 is 5.25 Å². The number of hydrogen-bond acceptors (Lipinski definition) is 5. The lowest BCUT2D eigenvalue weighted by Crippen LogP contribution is -2.27. The topological polar surface area (TPSA) is 86.7 Å². The second-order valence-corrected chi connectivity index (χ2v) is 8.76. The molecule has 0 saturated heterocycles. The fourth-order valence-corrected chi connectivity index (χ4v) is 4.29. The number of nitrogens with zero attached hydrogens (tertiary/aromatic N) is 5.